The van der Waals surface area contributed by atoms with Crippen molar-refractivity contribution in [3.05, 3.63) is 48.5 Å². The lowest BCUT2D eigenvalue weighted by atomic mass is 10.0. The quantitative estimate of drug-likeness (QED) is 0.319. The second kappa shape index (κ2) is 6.01. The summed E-state index contributed by atoms with van der Waals surface area (Å²) in [5, 5.41) is 4.31. The van der Waals surface area contributed by atoms with E-state index in [-0.39, 0.29) is 0 Å². The zero-order chi connectivity index (χ0) is 15.4. The van der Waals surface area contributed by atoms with E-state index in [1.54, 1.807) is 0 Å². The minimum atomic E-state index is 0.543. The normalized spacial score (nSPS) is 10.2. The largest absolute Gasteiger partial charge is 0.297 e. The topological polar surface area (TPSA) is 82.3 Å². The van der Waals surface area contributed by atoms with Gasteiger partial charge in [-0.2, -0.15) is 0 Å². The number of rotatable bonds is 6. The predicted octanol–water partition coefficient (Wildman–Crippen LogP) is 2.14. The molecule has 0 radical (unpaired) electrons. The van der Waals surface area contributed by atoms with Gasteiger partial charge in [0.2, 0.25) is 12.8 Å². The summed E-state index contributed by atoms with van der Waals surface area (Å²) in [4.78, 5) is 21.0. The van der Waals surface area contributed by atoms with Crippen LogP contribution in [0.3, 0.4) is 0 Å². The van der Waals surface area contributed by atoms with Gasteiger partial charge in [0, 0.05) is 0 Å². The lowest BCUT2D eigenvalue weighted by Crippen LogP contribution is -2.23. The van der Waals surface area contributed by atoms with Crippen LogP contribution in [0.1, 0.15) is 0 Å². The molecule has 4 N–H and O–H groups in total. The monoisotopic (exact) mass is 294 g/mol. The number of carbonyl (C=O) groups is 2. The van der Waals surface area contributed by atoms with Gasteiger partial charge in [-0.15, -0.1) is 0 Å². The standard InChI is InChI=1S/C16H14N4O2/c21-9-17-19-15-7-13-5-11-3-1-2-4-12(11)6-14(13)8-16(15)20-18-10-22/h1-10,19-20H,(H,17,21)(H,18,22). The molecular formula is C16H14N4O2. The Morgan fingerprint density at radius 1 is 0.636 bits per heavy atom. The first-order valence-electron chi connectivity index (χ1n) is 6.69. The van der Waals surface area contributed by atoms with Gasteiger partial charge in [0.05, 0.1) is 11.4 Å². The maximum atomic E-state index is 10.5. The highest BCUT2D eigenvalue weighted by atomic mass is 16.1. The number of benzene rings is 3. The van der Waals surface area contributed by atoms with Crippen LogP contribution in [0.4, 0.5) is 11.4 Å². The molecule has 0 aliphatic rings. The van der Waals surface area contributed by atoms with Crippen LogP contribution in [0, 0.1) is 0 Å². The number of hydrazine groups is 2. The highest BCUT2D eigenvalue weighted by Gasteiger charge is 2.06. The van der Waals surface area contributed by atoms with Crippen molar-refractivity contribution in [1.29, 1.82) is 0 Å². The van der Waals surface area contributed by atoms with Crippen LogP contribution >= 0.6 is 0 Å². The Morgan fingerprint density at radius 3 is 1.50 bits per heavy atom. The Balaban J connectivity index is 2.14. The summed E-state index contributed by atoms with van der Waals surface area (Å²) in [7, 11) is 0. The number of hydrogen-bond donors (Lipinski definition) is 4. The Labute approximate surface area is 126 Å². The van der Waals surface area contributed by atoms with Gasteiger partial charge in [0.1, 0.15) is 0 Å². The fourth-order valence-electron chi connectivity index (χ4n) is 2.41. The number of anilines is 2. The van der Waals surface area contributed by atoms with E-state index in [2.05, 4.69) is 33.8 Å². The third-order valence-corrected chi connectivity index (χ3v) is 3.37. The van der Waals surface area contributed by atoms with E-state index in [0.717, 1.165) is 21.5 Å². The highest BCUT2D eigenvalue weighted by molar-refractivity contribution is 6.01. The van der Waals surface area contributed by atoms with Gasteiger partial charge in [-0.3, -0.25) is 31.3 Å². The summed E-state index contributed by atoms with van der Waals surface area (Å²) in [5.74, 6) is 0. The molecule has 0 saturated heterocycles. The maximum absolute atomic E-state index is 10.5. The second-order valence-corrected chi connectivity index (χ2v) is 4.72. The van der Waals surface area contributed by atoms with E-state index in [1.165, 1.54) is 0 Å². The van der Waals surface area contributed by atoms with Gasteiger partial charge >= 0.3 is 0 Å². The van der Waals surface area contributed by atoms with Crippen molar-refractivity contribution in [3.63, 3.8) is 0 Å². The lowest BCUT2D eigenvalue weighted by molar-refractivity contribution is -0.109. The molecule has 6 nitrogen and oxygen atoms in total. The molecule has 22 heavy (non-hydrogen) atoms. The second-order valence-electron chi connectivity index (χ2n) is 4.72. The SMILES string of the molecule is O=CNNc1cc2cc3ccccc3cc2cc1NNC=O. The fraction of sp³-hybridized carbons (Fsp3) is 0. The molecular weight excluding hydrogens is 280 g/mol. The molecule has 2 amide bonds. The summed E-state index contributed by atoms with van der Waals surface area (Å²) >= 11 is 0. The number of nitrogens with one attached hydrogen (secondary N) is 4. The first-order valence-corrected chi connectivity index (χ1v) is 6.69. The van der Waals surface area contributed by atoms with Gasteiger partial charge < -0.3 is 0 Å². The summed E-state index contributed by atoms with van der Waals surface area (Å²) in [6, 6.07) is 16.0. The van der Waals surface area contributed by atoms with Gasteiger partial charge in [-0.25, -0.2) is 0 Å². The van der Waals surface area contributed by atoms with Crippen LogP contribution in [-0.4, -0.2) is 12.8 Å². The maximum Gasteiger partial charge on any atom is 0.225 e. The summed E-state index contributed by atoms with van der Waals surface area (Å²) in [6.07, 6.45) is 1.09. The van der Waals surface area contributed by atoms with Crippen molar-refractivity contribution >= 4 is 45.7 Å². The van der Waals surface area contributed by atoms with E-state index in [1.807, 2.05) is 36.4 Å². The molecule has 0 atom stereocenters. The van der Waals surface area contributed by atoms with E-state index >= 15 is 0 Å². The third kappa shape index (κ3) is 2.62. The van der Waals surface area contributed by atoms with Crippen LogP contribution in [0.2, 0.25) is 0 Å². The van der Waals surface area contributed by atoms with Gasteiger partial charge in [0.25, 0.3) is 0 Å². The molecule has 0 fully saturated rings. The molecule has 3 aromatic carbocycles. The summed E-state index contributed by atoms with van der Waals surface area (Å²) < 4.78 is 0. The van der Waals surface area contributed by atoms with Crippen LogP contribution < -0.4 is 21.7 Å². The molecule has 0 heterocycles. The molecule has 0 aromatic heterocycles. The summed E-state index contributed by atoms with van der Waals surface area (Å²) in [5.41, 5.74) is 11.6. The highest BCUT2D eigenvalue weighted by Crippen LogP contribution is 2.30. The molecule has 0 aliphatic carbocycles. The van der Waals surface area contributed by atoms with Crippen molar-refractivity contribution in [2.45, 2.75) is 0 Å². The number of hydrogen-bond acceptors (Lipinski definition) is 4. The van der Waals surface area contributed by atoms with Gasteiger partial charge in [0.15, 0.2) is 0 Å². The molecule has 0 spiro atoms. The molecule has 0 saturated carbocycles. The Morgan fingerprint density at radius 2 is 1.09 bits per heavy atom. The van der Waals surface area contributed by atoms with Crippen LogP contribution in [-0.2, 0) is 9.59 Å². The Bertz CT molecular complexity index is 778. The molecule has 0 bridgehead atoms. The average Bonchev–Trinajstić information content (AvgIpc) is 2.55. The van der Waals surface area contributed by atoms with Crippen molar-refractivity contribution in [2.75, 3.05) is 10.9 Å². The third-order valence-electron chi connectivity index (χ3n) is 3.37. The fourth-order valence-corrected chi connectivity index (χ4v) is 2.41. The molecule has 110 valence electrons. The first kappa shape index (κ1) is 13.7. The molecule has 6 heteroatoms. The van der Waals surface area contributed by atoms with E-state index in [4.69, 9.17) is 0 Å². The van der Waals surface area contributed by atoms with E-state index < -0.39 is 0 Å². The first-order chi connectivity index (χ1) is 10.8. The van der Waals surface area contributed by atoms with Crippen molar-refractivity contribution in [2.24, 2.45) is 0 Å². The molecule has 0 aliphatic heterocycles. The van der Waals surface area contributed by atoms with Crippen molar-refractivity contribution in [1.82, 2.24) is 10.9 Å². The number of fused-ring (bicyclic) bond motifs is 2. The van der Waals surface area contributed by atoms with Gasteiger partial charge in [-0.1, -0.05) is 24.3 Å². The molecule has 3 rings (SSSR count). The van der Waals surface area contributed by atoms with Gasteiger partial charge in [-0.05, 0) is 45.8 Å². The summed E-state index contributed by atoms with van der Waals surface area (Å²) in [6.45, 7) is 0. The van der Waals surface area contributed by atoms with Crippen molar-refractivity contribution < 1.29 is 9.59 Å². The molecule has 0 unspecified atom stereocenters. The van der Waals surface area contributed by atoms with Crippen LogP contribution in [0.5, 0.6) is 0 Å². The smallest absolute Gasteiger partial charge is 0.225 e. The zero-order valence-electron chi connectivity index (χ0n) is 11.6. The minimum absolute atomic E-state index is 0.543. The average molecular weight is 294 g/mol. The predicted molar refractivity (Wildman–Crippen MR) is 87.1 cm³/mol. The van der Waals surface area contributed by atoms with Crippen LogP contribution in [0.25, 0.3) is 21.5 Å². The minimum Gasteiger partial charge on any atom is -0.297 e. The lowest BCUT2D eigenvalue weighted by Gasteiger charge is -2.14. The van der Waals surface area contributed by atoms with E-state index in [0.29, 0.717) is 24.2 Å². The Kier molecular flexibility index (Phi) is 3.74. The van der Waals surface area contributed by atoms with E-state index in [9.17, 15) is 9.59 Å². The number of amides is 2. The molecule has 3 aromatic rings. The zero-order valence-corrected chi connectivity index (χ0v) is 11.6. The Hall–Kier alpha value is -3.28. The van der Waals surface area contributed by atoms with Crippen molar-refractivity contribution in [3.8, 4) is 0 Å². The number of carbonyl (C=O) groups excluding carboxylic acids is 2. The van der Waals surface area contributed by atoms with Crippen LogP contribution in [0.15, 0.2) is 48.5 Å².